The molecular weight excluding hydrogens is 373 g/mol. The van der Waals surface area contributed by atoms with Crippen molar-refractivity contribution in [2.75, 3.05) is 0 Å². The first-order valence-electron chi connectivity index (χ1n) is 8.69. The molecule has 0 heterocycles. The molecule has 0 bridgehead atoms. The lowest BCUT2D eigenvalue weighted by atomic mass is 9.58. The number of alkyl halides is 5. The highest BCUT2D eigenvalue weighted by Gasteiger charge is 2.48. The summed E-state index contributed by atoms with van der Waals surface area (Å²) in [6.45, 7) is 1.77. The van der Waals surface area contributed by atoms with Crippen LogP contribution in [-0.2, 0) is 12.1 Å². The molecule has 1 aromatic carbocycles. The molecule has 27 heavy (non-hydrogen) atoms. The zero-order valence-electron chi connectivity index (χ0n) is 14.6. The first-order chi connectivity index (χ1) is 12.4. The van der Waals surface area contributed by atoms with Crippen molar-refractivity contribution in [1.29, 1.82) is 0 Å². The Kier molecular flexibility index (Phi) is 6.61. The van der Waals surface area contributed by atoms with Gasteiger partial charge in [-0.2, -0.15) is 13.2 Å². The molecule has 3 atom stereocenters. The molecule has 0 spiro atoms. The molecule has 2 rings (SSSR count). The minimum atomic E-state index is -4.93. The van der Waals surface area contributed by atoms with Gasteiger partial charge in [-0.3, -0.25) is 0 Å². The SMILES string of the molecule is CCC1CC(B(O)O)CC(C(F)(F)c2cc(B(O)O)cc(C(F)(F)F)c2)C1. The van der Waals surface area contributed by atoms with Crippen molar-refractivity contribution in [2.24, 2.45) is 11.8 Å². The van der Waals surface area contributed by atoms with E-state index in [1.807, 2.05) is 0 Å². The highest BCUT2D eigenvalue weighted by atomic mass is 19.4. The van der Waals surface area contributed by atoms with Gasteiger partial charge in [-0.05, 0) is 42.5 Å². The molecule has 4 N–H and O–H groups in total. The Labute approximate surface area is 154 Å². The third kappa shape index (κ3) is 5.01. The van der Waals surface area contributed by atoms with Crippen LogP contribution < -0.4 is 5.46 Å². The van der Waals surface area contributed by atoms with Gasteiger partial charge in [-0.15, -0.1) is 0 Å². The molecule has 3 unspecified atom stereocenters. The molecule has 150 valence electrons. The van der Waals surface area contributed by atoms with Crippen molar-refractivity contribution < 1.29 is 42.0 Å². The first-order valence-corrected chi connectivity index (χ1v) is 8.69. The fourth-order valence-electron chi connectivity index (χ4n) is 3.75. The fourth-order valence-corrected chi connectivity index (χ4v) is 3.75. The molecule has 0 saturated heterocycles. The molecule has 1 aliphatic carbocycles. The Hall–Kier alpha value is -1.16. The van der Waals surface area contributed by atoms with Crippen LogP contribution in [0.15, 0.2) is 18.2 Å². The van der Waals surface area contributed by atoms with Crippen LogP contribution >= 0.6 is 0 Å². The smallest absolute Gasteiger partial charge is 0.427 e. The second-order valence-electron chi connectivity index (χ2n) is 7.19. The summed E-state index contributed by atoms with van der Waals surface area (Å²) in [5.41, 5.74) is -3.04. The van der Waals surface area contributed by atoms with Gasteiger partial charge in [0.05, 0.1) is 5.56 Å². The topological polar surface area (TPSA) is 80.9 Å². The standard InChI is InChI=1S/C16H21B2F5O4/c1-2-9-3-10(6-13(4-9)17(24)25)15(19,20)11-5-12(16(21,22)23)8-14(7-11)18(26)27/h5,7-10,13,24-27H,2-4,6H2,1H3. The van der Waals surface area contributed by atoms with Gasteiger partial charge in [0, 0.05) is 11.5 Å². The Morgan fingerprint density at radius 3 is 2.00 bits per heavy atom. The van der Waals surface area contributed by atoms with Crippen LogP contribution in [0.25, 0.3) is 0 Å². The zero-order chi connectivity index (χ0) is 20.6. The average Bonchev–Trinajstić information content (AvgIpc) is 2.59. The van der Waals surface area contributed by atoms with Gasteiger partial charge < -0.3 is 20.1 Å². The highest BCUT2D eigenvalue weighted by molar-refractivity contribution is 6.58. The second-order valence-corrected chi connectivity index (χ2v) is 7.19. The van der Waals surface area contributed by atoms with Crippen molar-refractivity contribution in [1.82, 2.24) is 0 Å². The molecule has 0 amide bonds. The molecule has 0 radical (unpaired) electrons. The maximum absolute atomic E-state index is 15.1. The van der Waals surface area contributed by atoms with E-state index in [1.165, 1.54) is 0 Å². The van der Waals surface area contributed by atoms with Gasteiger partial charge in [0.2, 0.25) is 0 Å². The van der Waals surface area contributed by atoms with Crippen molar-refractivity contribution in [3.05, 3.63) is 29.3 Å². The molecule has 1 aromatic rings. The molecule has 4 nitrogen and oxygen atoms in total. The van der Waals surface area contributed by atoms with Gasteiger partial charge in [-0.25, -0.2) is 8.78 Å². The summed E-state index contributed by atoms with van der Waals surface area (Å²) in [6.07, 6.45) is -4.28. The number of hydrogen-bond donors (Lipinski definition) is 4. The zero-order valence-corrected chi connectivity index (χ0v) is 14.6. The quantitative estimate of drug-likeness (QED) is 0.456. The number of benzene rings is 1. The average molecular weight is 394 g/mol. The van der Waals surface area contributed by atoms with E-state index < -0.39 is 54.7 Å². The first kappa shape index (κ1) is 22.1. The van der Waals surface area contributed by atoms with Crippen molar-refractivity contribution >= 4 is 19.7 Å². The Balaban J connectivity index is 2.46. The molecule has 1 aliphatic rings. The van der Waals surface area contributed by atoms with E-state index in [9.17, 15) is 33.3 Å². The normalized spacial score (nSPS) is 24.0. The summed E-state index contributed by atoms with van der Waals surface area (Å²) in [5.74, 6) is -6.11. The lowest BCUT2D eigenvalue weighted by Gasteiger charge is -2.38. The Morgan fingerprint density at radius 1 is 0.926 bits per heavy atom. The molecule has 1 saturated carbocycles. The minimum absolute atomic E-state index is 0.0278. The van der Waals surface area contributed by atoms with E-state index >= 15 is 8.78 Å². The van der Waals surface area contributed by atoms with Crippen LogP contribution in [-0.4, -0.2) is 34.3 Å². The van der Waals surface area contributed by atoms with Gasteiger partial charge in [0.1, 0.15) is 0 Å². The van der Waals surface area contributed by atoms with Crippen LogP contribution in [0, 0.1) is 11.8 Å². The highest BCUT2D eigenvalue weighted by Crippen LogP contribution is 2.50. The predicted molar refractivity (Wildman–Crippen MR) is 90.2 cm³/mol. The molecule has 1 fully saturated rings. The Bertz CT molecular complexity index is 654. The van der Waals surface area contributed by atoms with Crippen molar-refractivity contribution in [3.8, 4) is 0 Å². The maximum atomic E-state index is 15.1. The molecular formula is C16H21B2F5O4. The van der Waals surface area contributed by atoms with Crippen molar-refractivity contribution in [3.63, 3.8) is 0 Å². The summed E-state index contributed by atoms with van der Waals surface area (Å²) in [5, 5.41) is 37.2. The van der Waals surface area contributed by atoms with Gasteiger partial charge >= 0.3 is 20.4 Å². The molecule has 0 aromatic heterocycles. The Morgan fingerprint density at radius 2 is 1.52 bits per heavy atom. The third-order valence-corrected chi connectivity index (χ3v) is 5.32. The van der Waals surface area contributed by atoms with E-state index in [-0.39, 0.29) is 18.8 Å². The summed E-state index contributed by atoms with van der Waals surface area (Å²) in [7, 11) is -4.11. The number of rotatable bonds is 5. The van der Waals surface area contributed by atoms with E-state index in [1.54, 1.807) is 6.92 Å². The van der Waals surface area contributed by atoms with Crippen LogP contribution in [0.3, 0.4) is 0 Å². The summed E-state index contributed by atoms with van der Waals surface area (Å²) in [4.78, 5) is 0. The lowest BCUT2D eigenvalue weighted by Crippen LogP contribution is -2.38. The van der Waals surface area contributed by atoms with Crippen LogP contribution in [0.4, 0.5) is 22.0 Å². The second kappa shape index (κ2) is 8.06. The largest absolute Gasteiger partial charge is 0.488 e. The fraction of sp³-hybridized carbons (Fsp3) is 0.625. The van der Waals surface area contributed by atoms with E-state index in [4.69, 9.17) is 0 Å². The van der Waals surface area contributed by atoms with Gasteiger partial charge in [0.25, 0.3) is 5.92 Å². The van der Waals surface area contributed by atoms with Crippen molar-refractivity contribution in [2.45, 2.75) is 50.5 Å². The summed E-state index contributed by atoms with van der Waals surface area (Å²) in [6, 6.07) is 1.38. The maximum Gasteiger partial charge on any atom is 0.488 e. The summed E-state index contributed by atoms with van der Waals surface area (Å²) < 4.78 is 69.4. The number of hydrogen-bond acceptors (Lipinski definition) is 4. The predicted octanol–water partition coefficient (Wildman–Crippen LogP) is 2.15. The minimum Gasteiger partial charge on any atom is -0.427 e. The number of halogens is 5. The van der Waals surface area contributed by atoms with E-state index in [0.29, 0.717) is 31.0 Å². The van der Waals surface area contributed by atoms with E-state index in [0.717, 1.165) is 0 Å². The van der Waals surface area contributed by atoms with Gasteiger partial charge in [0.15, 0.2) is 0 Å². The van der Waals surface area contributed by atoms with Gasteiger partial charge in [-0.1, -0.05) is 25.5 Å². The molecule has 0 aliphatic heterocycles. The summed E-state index contributed by atoms with van der Waals surface area (Å²) >= 11 is 0. The molecule has 11 heteroatoms. The van der Waals surface area contributed by atoms with Crippen LogP contribution in [0.1, 0.15) is 43.7 Å². The van der Waals surface area contributed by atoms with E-state index in [2.05, 4.69) is 0 Å². The lowest BCUT2D eigenvalue weighted by molar-refractivity contribution is -0.138. The van der Waals surface area contributed by atoms with Crippen LogP contribution in [0.2, 0.25) is 5.82 Å². The monoisotopic (exact) mass is 394 g/mol. The third-order valence-electron chi connectivity index (χ3n) is 5.32. The van der Waals surface area contributed by atoms with Crippen LogP contribution in [0.5, 0.6) is 0 Å².